The molecule has 1 heterocycles. The zero-order valence-corrected chi connectivity index (χ0v) is 15.5. The standard InChI is InChI=1S/C18H15F3N4O3S/c19-15-4-2-1-3-11(15)7-17(26)24-13-5-6-14(16(8-13)29(22,27)28)12-9-23-25(10-12)18(20)21/h1-6,8-10,18H,7H2,(H,24,26)(H2,22,27,28). The van der Waals surface area contributed by atoms with Crippen LogP contribution in [-0.2, 0) is 21.2 Å². The summed E-state index contributed by atoms with van der Waals surface area (Å²) in [6, 6.07) is 9.53. The number of primary sulfonamides is 1. The van der Waals surface area contributed by atoms with Gasteiger partial charge in [0.25, 0.3) is 0 Å². The van der Waals surface area contributed by atoms with Gasteiger partial charge in [0, 0.05) is 23.0 Å². The maximum Gasteiger partial charge on any atom is 0.333 e. The maximum atomic E-state index is 13.7. The summed E-state index contributed by atoms with van der Waals surface area (Å²) in [5, 5.41) is 11.2. The lowest BCUT2D eigenvalue weighted by atomic mass is 10.1. The van der Waals surface area contributed by atoms with E-state index in [0.29, 0.717) is 4.68 Å². The van der Waals surface area contributed by atoms with E-state index in [1.54, 1.807) is 6.07 Å². The highest BCUT2D eigenvalue weighted by atomic mass is 32.2. The summed E-state index contributed by atoms with van der Waals surface area (Å²) >= 11 is 0. The molecule has 1 amide bonds. The number of alkyl halides is 2. The summed E-state index contributed by atoms with van der Waals surface area (Å²) in [6.45, 7) is -2.89. The minimum Gasteiger partial charge on any atom is -0.326 e. The molecule has 0 bridgehead atoms. The highest BCUT2D eigenvalue weighted by Crippen LogP contribution is 2.30. The highest BCUT2D eigenvalue weighted by molar-refractivity contribution is 7.89. The van der Waals surface area contributed by atoms with Gasteiger partial charge in [-0.05, 0) is 23.8 Å². The van der Waals surface area contributed by atoms with Gasteiger partial charge in [-0.25, -0.2) is 22.6 Å². The van der Waals surface area contributed by atoms with Gasteiger partial charge in [-0.15, -0.1) is 0 Å². The molecule has 2 aromatic carbocycles. The number of nitrogens with two attached hydrogens (primary N) is 1. The van der Waals surface area contributed by atoms with Gasteiger partial charge in [0.1, 0.15) is 5.82 Å². The van der Waals surface area contributed by atoms with Crippen LogP contribution in [0, 0.1) is 5.82 Å². The van der Waals surface area contributed by atoms with Crippen LogP contribution in [0.4, 0.5) is 18.9 Å². The first kappa shape index (κ1) is 20.6. The molecule has 0 saturated carbocycles. The first-order chi connectivity index (χ1) is 13.6. The number of halogens is 3. The third-order valence-electron chi connectivity index (χ3n) is 3.99. The summed E-state index contributed by atoms with van der Waals surface area (Å²) in [4.78, 5) is 11.8. The van der Waals surface area contributed by atoms with Crippen LogP contribution in [0.15, 0.2) is 59.8 Å². The van der Waals surface area contributed by atoms with Gasteiger partial charge < -0.3 is 5.32 Å². The van der Waals surface area contributed by atoms with Crippen LogP contribution in [0.1, 0.15) is 12.1 Å². The van der Waals surface area contributed by atoms with E-state index in [-0.39, 0.29) is 33.7 Å². The average Bonchev–Trinajstić information content (AvgIpc) is 3.13. The fourth-order valence-electron chi connectivity index (χ4n) is 2.68. The second-order valence-electron chi connectivity index (χ2n) is 6.06. The molecule has 3 N–H and O–H groups in total. The number of nitrogens with one attached hydrogen (secondary N) is 1. The Morgan fingerprint density at radius 2 is 1.93 bits per heavy atom. The molecule has 0 saturated heterocycles. The Kier molecular flexibility index (Phi) is 5.71. The SMILES string of the molecule is NS(=O)(=O)c1cc(NC(=O)Cc2ccccc2F)ccc1-c1cnn(C(F)F)c1. The lowest BCUT2D eigenvalue weighted by Gasteiger charge is -2.11. The minimum absolute atomic E-state index is 0.0477. The maximum absolute atomic E-state index is 13.7. The van der Waals surface area contributed by atoms with Crippen molar-refractivity contribution in [3.63, 3.8) is 0 Å². The molecule has 0 fully saturated rings. The molecule has 11 heteroatoms. The van der Waals surface area contributed by atoms with Crippen LogP contribution in [0.2, 0.25) is 0 Å². The van der Waals surface area contributed by atoms with Crippen molar-refractivity contribution in [2.45, 2.75) is 17.9 Å². The smallest absolute Gasteiger partial charge is 0.326 e. The molecule has 0 spiro atoms. The number of rotatable bonds is 6. The predicted molar refractivity (Wildman–Crippen MR) is 99.0 cm³/mol. The summed E-state index contributed by atoms with van der Waals surface area (Å²) in [5.74, 6) is -1.12. The van der Waals surface area contributed by atoms with Crippen molar-refractivity contribution in [2.75, 3.05) is 5.32 Å². The van der Waals surface area contributed by atoms with Crippen LogP contribution in [-0.4, -0.2) is 24.1 Å². The minimum atomic E-state index is -4.25. The topological polar surface area (TPSA) is 107 Å². The Labute approximate surface area is 164 Å². The van der Waals surface area contributed by atoms with E-state index in [2.05, 4.69) is 10.4 Å². The fraction of sp³-hybridized carbons (Fsp3) is 0.111. The normalized spacial score (nSPS) is 11.6. The number of carbonyl (C=O) groups is 1. The van der Waals surface area contributed by atoms with E-state index >= 15 is 0 Å². The number of nitrogens with zero attached hydrogens (tertiary/aromatic N) is 2. The lowest BCUT2D eigenvalue weighted by molar-refractivity contribution is -0.115. The van der Waals surface area contributed by atoms with Crippen LogP contribution in [0.5, 0.6) is 0 Å². The molecular formula is C18H15F3N4O3S. The van der Waals surface area contributed by atoms with Gasteiger partial charge in [-0.2, -0.15) is 13.9 Å². The zero-order chi connectivity index (χ0) is 21.2. The van der Waals surface area contributed by atoms with Crippen molar-refractivity contribution in [1.29, 1.82) is 0 Å². The Morgan fingerprint density at radius 3 is 2.55 bits per heavy atom. The van der Waals surface area contributed by atoms with Gasteiger partial charge in [-0.1, -0.05) is 24.3 Å². The van der Waals surface area contributed by atoms with Gasteiger partial charge in [0.2, 0.25) is 15.9 Å². The average molecular weight is 424 g/mol. The molecule has 0 aliphatic rings. The molecule has 152 valence electrons. The third-order valence-corrected chi connectivity index (χ3v) is 4.94. The Hall–Kier alpha value is -3.18. The molecule has 3 aromatic rings. The lowest BCUT2D eigenvalue weighted by Crippen LogP contribution is -2.17. The van der Waals surface area contributed by atoms with E-state index in [1.165, 1.54) is 30.3 Å². The number of benzene rings is 2. The van der Waals surface area contributed by atoms with E-state index in [1.807, 2.05) is 0 Å². The van der Waals surface area contributed by atoms with Crippen LogP contribution >= 0.6 is 0 Å². The summed E-state index contributed by atoms with van der Waals surface area (Å²) in [7, 11) is -4.25. The summed E-state index contributed by atoms with van der Waals surface area (Å²) < 4.78 is 63.5. The van der Waals surface area contributed by atoms with Crippen LogP contribution in [0.3, 0.4) is 0 Å². The summed E-state index contributed by atoms with van der Waals surface area (Å²) in [5.41, 5.74) is 0.429. The molecule has 0 atom stereocenters. The number of sulfonamides is 1. The molecule has 29 heavy (non-hydrogen) atoms. The Bertz CT molecular complexity index is 1160. The van der Waals surface area contributed by atoms with Crippen LogP contribution < -0.4 is 10.5 Å². The molecular weight excluding hydrogens is 409 g/mol. The van der Waals surface area contributed by atoms with Gasteiger partial charge in [0.05, 0.1) is 17.5 Å². The zero-order valence-electron chi connectivity index (χ0n) is 14.7. The molecule has 0 radical (unpaired) electrons. The van der Waals surface area contributed by atoms with E-state index in [9.17, 15) is 26.4 Å². The molecule has 0 unspecified atom stereocenters. The van der Waals surface area contributed by atoms with E-state index < -0.39 is 28.3 Å². The van der Waals surface area contributed by atoms with Crippen molar-refractivity contribution in [1.82, 2.24) is 9.78 Å². The first-order valence-electron chi connectivity index (χ1n) is 8.18. The number of hydrogen-bond donors (Lipinski definition) is 2. The number of anilines is 1. The quantitative estimate of drug-likeness (QED) is 0.634. The number of aromatic nitrogens is 2. The summed E-state index contributed by atoms with van der Waals surface area (Å²) in [6.07, 6.45) is 1.79. The first-order valence-corrected chi connectivity index (χ1v) is 9.72. The largest absolute Gasteiger partial charge is 0.333 e. The second kappa shape index (κ2) is 8.05. The molecule has 7 nitrogen and oxygen atoms in total. The van der Waals surface area contributed by atoms with Crippen molar-refractivity contribution >= 4 is 21.6 Å². The Morgan fingerprint density at radius 1 is 1.21 bits per heavy atom. The van der Waals surface area contributed by atoms with Crippen LogP contribution in [0.25, 0.3) is 11.1 Å². The molecule has 0 aliphatic carbocycles. The van der Waals surface area contributed by atoms with Crippen molar-refractivity contribution in [3.8, 4) is 11.1 Å². The third kappa shape index (κ3) is 4.81. The Balaban J connectivity index is 1.89. The second-order valence-corrected chi connectivity index (χ2v) is 7.59. The molecule has 1 aromatic heterocycles. The number of amides is 1. The van der Waals surface area contributed by atoms with Gasteiger partial charge in [-0.3, -0.25) is 4.79 Å². The van der Waals surface area contributed by atoms with Gasteiger partial charge in [0.15, 0.2) is 0 Å². The van der Waals surface area contributed by atoms with Crippen molar-refractivity contribution in [2.24, 2.45) is 5.14 Å². The monoisotopic (exact) mass is 424 g/mol. The highest BCUT2D eigenvalue weighted by Gasteiger charge is 2.19. The molecule has 0 aliphatic heterocycles. The predicted octanol–water partition coefficient (Wildman–Crippen LogP) is 2.91. The molecule has 3 rings (SSSR count). The number of hydrogen-bond acceptors (Lipinski definition) is 4. The van der Waals surface area contributed by atoms with Crippen molar-refractivity contribution in [3.05, 3.63) is 66.2 Å². The van der Waals surface area contributed by atoms with Crippen molar-refractivity contribution < 1.29 is 26.4 Å². The van der Waals surface area contributed by atoms with E-state index in [0.717, 1.165) is 18.5 Å². The number of carbonyl (C=O) groups excluding carboxylic acids is 1. The fourth-order valence-corrected chi connectivity index (χ4v) is 3.46. The van der Waals surface area contributed by atoms with E-state index in [4.69, 9.17) is 5.14 Å². The van der Waals surface area contributed by atoms with Gasteiger partial charge >= 0.3 is 6.55 Å².